The fraction of sp³-hybridized carbons (Fsp3) is 0.333. The normalized spacial score (nSPS) is 14.2. The zero-order chi connectivity index (χ0) is 13.9. The first-order valence-electron chi connectivity index (χ1n) is 6.86. The Hall–Kier alpha value is -2.30. The second kappa shape index (κ2) is 5.36. The largest absolute Gasteiger partial charge is 0.398 e. The van der Waals surface area contributed by atoms with E-state index in [1.165, 1.54) is 12.8 Å². The summed E-state index contributed by atoms with van der Waals surface area (Å²) >= 11 is 0. The van der Waals surface area contributed by atoms with Gasteiger partial charge < -0.3 is 11.1 Å². The van der Waals surface area contributed by atoms with Crippen LogP contribution in [0.5, 0.6) is 0 Å². The third-order valence-electron chi connectivity index (χ3n) is 3.50. The van der Waals surface area contributed by atoms with Crippen molar-refractivity contribution >= 4 is 11.6 Å². The maximum absolute atomic E-state index is 11.8. The lowest BCUT2D eigenvalue weighted by Crippen LogP contribution is -2.29. The molecule has 0 aliphatic heterocycles. The summed E-state index contributed by atoms with van der Waals surface area (Å²) in [5.74, 6) is 0.698. The molecule has 3 N–H and O–H groups in total. The van der Waals surface area contributed by atoms with Crippen LogP contribution >= 0.6 is 0 Å². The number of aromatic nitrogens is 2. The number of carbonyl (C=O) groups is 1. The van der Waals surface area contributed by atoms with E-state index in [2.05, 4.69) is 10.4 Å². The molecule has 1 fully saturated rings. The molecular weight excluding hydrogens is 252 g/mol. The molecule has 2 aromatic rings. The summed E-state index contributed by atoms with van der Waals surface area (Å²) in [5.41, 5.74) is 8.52. The van der Waals surface area contributed by atoms with E-state index in [-0.39, 0.29) is 12.5 Å². The Bertz CT molecular complexity index is 616. The lowest BCUT2D eigenvalue weighted by atomic mass is 10.1. The molecule has 0 radical (unpaired) electrons. The molecule has 1 aliphatic carbocycles. The highest BCUT2D eigenvalue weighted by molar-refractivity contribution is 5.77. The molecule has 5 nitrogen and oxygen atoms in total. The highest BCUT2D eigenvalue weighted by Crippen LogP contribution is 2.27. The molecule has 5 heteroatoms. The number of para-hydroxylation sites is 1. The van der Waals surface area contributed by atoms with Crippen LogP contribution in [0.4, 0.5) is 5.69 Å². The molecule has 1 aromatic heterocycles. The topological polar surface area (TPSA) is 72.9 Å². The quantitative estimate of drug-likeness (QED) is 0.811. The van der Waals surface area contributed by atoms with E-state index in [1.54, 1.807) is 10.9 Å². The van der Waals surface area contributed by atoms with Crippen LogP contribution in [-0.4, -0.2) is 22.2 Å². The van der Waals surface area contributed by atoms with Gasteiger partial charge in [-0.3, -0.25) is 9.48 Å². The molecule has 1 aliphatic rings. The molecule has 0 spiro atoms. The van der Waals surface area contributed by atoms with Crippen molar-refractivity contribution in [1.29, 1.82) is 0 Å². The van der Waals surface area contributed by atoms with Gasteiger partial charge in [0.05, 0.1) is 6.20 Å². The fourth-order valence-electron chi connectivity index (χ4n) is 2.13. The number of rotatable bonds is 5. The zero-order valence-corrected chi connectivity index (χ0v) is 11.2. The van der Waals surface area contributed by atoms with Crippen molar-refractivity contribution in [2.75, 3.05) is 12.3 Å². The van der Waals surface area contributed by atoms with Gasteiger partial charge in [-0.2, -0.15) is 5.10 Å². The first-order chi connectivity index (χ1) is 9.72. The standard InChI is InChI=1S/C15H18N4O/c16-14-4-2-1-3-13(14)12-8-18-19(9-12)10-15(20)17-7-11-5-6-11/h1-4,8-9,11H,5-7,10,16H2,(H,17,20). The minimum Gasteiger partial charge on any atom is -0.398 e. The van der Waals surface area contributed by atoms with Crippen LogP contribution in [0, 0.1) is 5.92 Å². The number of nitrogen functional groups attached to an aromatic ring is 1. The Balaban J connectivity index is 1.64. The van der Waals surface area contributed by atoms with Gasteiger partial charge in [0.1, 0.15) is 6.54 Å². The molecule has 20 heavy (non-hydrogen) atoms. The third kappa shape index (κ3) is 2.99. The van der Waals surface area contributed by atoms with Crippen molar-refractivity contribution in [3.8, 4) is 11.1 Å². The van der Waals surface area contributed by atoms with Crippen LogP contribution in [0.3, 0.4) is 0 Å². The molecule has 1 heterocycles. The minimum absolute atomic E-state index is 0.00702. The molecule has 1 amide bonds. The number of benzene rings is 1. The van der Waals surface area contributed by atoms with Gasteiger partial charge in [0.25, 0.3) is 0 Å². The van der Waals surface area contributed by atoms with Gasteiger partial charge in [-0.15, -0.1) is 0 Å². The molecule has 3 rings (SSSR count). The predicted molar refractivity (Wildman–Crippen MR) is 77.8 cm³/mol. The highest BCUT2D eigenvalue weighted by atomic mass is 16.2. The molecular formula is C15H18N4O. The summed E-state index contributed by atoms with van der Waals surface area (Å²) < 4.78 is 1.64. The zero-order valence-electron chi connectivity index (χ0n) is 11.2. The number of nitrogens with zero attached hydrogens (tertiary/aromatic N) is 2. The maximum Gasteiger partial charge on any atom is 0.241 e. The van der Waals surface area contributed by atoms with Crippen LogP contribution in [0.15, 0.2) is 36.7 Å². The van der Waals surface area contributed by atoms with Crippen LogP contribution in [-0.2, 0) is 11.3 Å². The number of hydrogen-bond donors (Lipinski definition) is 2. The van der Waals surface area contributed by atoms with Gasteiger partial charge in [0.15, 0.2) is 0 Å². The second-order valence-corrected chi connectivity index (χ2v) is 5.26. The summed E-state index contributed by atoms with van der Waals surface area (Å²) in [5, 5.41) is 7.15. The molecule has 0 saturated heterocycles. The summed E-state index contributed by atoms with van der Waals surface area (Å²) in [6.45, 7) is 1.04. The molecule has 0 bridgehead atoms. The first kappa shape index (κ1) is 12.7. The second-order valence-electron chi connectivity index (χ2n) is 5.26. The number of anilines is 1. The lowest BCUT2D eigenvalue weighted by Gasteiger charge is -2.04. The van der Waals surface area contributed by atoms with Crippen LogP contribution < -0.4 is 11.1 Å². The van der Waals surface area contributed by atoms with E-state index in [9.17, 15) is 4.79 Å². The Morgan fingerprint density at radius 3 is 2.95 bits per heavy atom. The van der Waals surface area contributed by atoms with Crippen molar-refractivity contribution in [3.05, 3.63) is 36.7 Å². The average Bonchev–Trinajstić information content (AvgIpc) is 3.16. The van der Waals surface area contributed by atoms with Crippen molar-refractivity contribution in [1.82, 2.24) is 15.1 Å². The Morgan fingerprint density at radius 1 is 1.40 bits per heavy atom. The van der Waals surface area contributed by atoms with Gasteiger partial charge >= 0.3 is 0 Å². The molecule has 0 atom stereocenters. The van der Waals surface area contributed by atoms with Gasteiger partial charge in [-0.05, 0) is 24.8 Å². The van der Waals surface area contributed by atoms with E-state index in [0.29, 0.717) is 11.6 Å². The monoisotopic (exact) mass is 270 g/mol. The Morgan fingerprint density at radius 2 is 2.20 bits per heavy atom. The smallest absolute Gasteiger partial charge is 0.241 e. The van der Waals surface area contributed by atoms with Gasteiger partial charge in [-0.1, -0.05) is 18.2 Å². The number of amides is 1. The van der Waals surface area contributed by atoms with Crippen molar-refractivity contribution in [2.45, 2.75) is 19.4 Å². The summed E-state index contributed by atoms with van der Waals surface area (Å²) in [6, 6.07) is 7.64. The Labute approximate surface area is 117 Å². The highest BCUT2D eigenvalue weighted by Gasteiger charge is 2.21. The minimum atomic E-state index is 0.00702. The van der Waals surface area contributed by atoms with E-state index < -0.39 is 0 Å². The van der Waals surface area contributed by atoms with Gasteiger partial charge in [0, 0.05) is 29.6 Å². The van der Waals surface area contributed by atoms with Gasteiger partial charge in [0.2, 0.25) is 5.91 Å². The van der Waals surface area contributed by atoms with E-state index in [4.69, 9.17) is 5.73 Å². The van der Waals surface area contributed by atoms with E-state index >= 15 is 0 Å². The summed E-state index contributed by atoms with van der Waals surface area (Å²) in [7, 11) is 0. The van der Waals surface area contributed by atoms with Crippen molar-refractivity contribution in [3.63, 3.8) is 0 Å². The van der Waals surface area contributed by atoms with Crippen molar-refractivity contribution < 1.29 is 4.79 Å². The molecule has 1 aromatic carbocycles. The van der Waals surface area contributed by atoms with E-state index in [0.717, 1.165) is 17.7 Å². The number of nitrogens with one attached hydrogen (secondary N) is 1. The summed E-state index contributed by atoms with van der Waals surface area (Å²) in [6.07, 6.45) is 6.06. The lowest BCUT2D eigenvalue weighted by molar-refractivity contribution is -0.121. The van der Waals surface area contributed by atoms with Crippen molar-refractivity contribution in [2.24, 2.45) is 5.92 Å². The maximum atomic E-state index is 11.8. The SMILES string of the molecule is Nc1ccccc1-c1cnn(CC(=O)NCC2CC2)c1. The Kier molecular flexibility index (Phi) is 3.41. The third-order valence-corrected chi connectivity index (χ3v) is 3.50. The molecule has 104 valence electrons. The first-order valence-corrected chi connectivity index (χ1v) is 6.86. The summed E-state index contributed by atoms with van der Waals surface area (Å²) in [4.78, 5) is 11.8. The van der Waals surface area contributed by atoms with Crippen LogP contribution in [0.2, 0.25) is 0 Å². The molecule has 1 saturated carbocycles. The number of nitrogens with two attached hydrogens (primary N) is 1. The van der Waals surface area contributed by atoms with Crippen LogP contribution in [0.1, 0.15) is 12.8 Å². The average molecular weight is 270 g/mol. The van der Waals surface area contributed by atoms with E-state index in [1.807, 2.05) is 30.5 Å². The fourth-order valence-corrected chi connectivity index (χ4v) is 2.13. The number of carbonyl (C=O) groups excluding carboxylic acids is 1. The van der Waals surface area contributed by atoms with Gasteiger partial charge in [-0.25, -0.2) is 0 Å². The number of hydrogen-bond acceptors (Lipinski definition) is 3. The molecule has 0 unspecified atom stereocenters. The predicted octanol–water partition coefficient (Wildman–Crippen LogP) is 1.66. The van der Waals surface area contributed by atoms with Crippen LogP contribution in [0.25, 0.3) is 11.1 Å².